The predicted molar refractivity (Wildman–Crippen MR) is 141 cm³/mol. The Kier molecular flexibility index (Phi) is 6.23. The van der Waals surface area contributed by atoms with Crippen LogP contribution in [0.25, 0.3) is 11.0 Å². The van der Waals surface area contributed by atoms with E-state index in [1.54, 1.807) is 0 Å². The molecule has 3 aliphatic rings. The van der Waals surface area contributed by atoms with Crippen LogP contribution in [0.15, 0.2) is 54.6 Å². The van der Waals surface area contributed by atoms with E-state index < -0.39 is 0 Å². The summed E-state index contributed by atoms with van der Waals surface area (Å²) in [6.07, 6.45) is 9.72. The minimum atomic E-state index is 0.230. The molecule has 0 amide bonds. The Balaban J connectivity index is 1.18. The van der Waals surface area contributed by atoms with Crippen molar-refractivity contribution in [3.05, 3.63) is 66.0 Å². The first-order valence-corrected chi connectivity index (χ1v) is 13.6. The van der Waals surface area contributed by atoms with Gasteiger partial charge in [0, 0.05) is 18.1 Å². The zero-order valence-electron chi connectivity index (χ0n) is 21.0. The predicted octanol–water partition coefficient (Wildman–Crippen LogP) is 5.14. The first-order chi connectivity index (χ1) is 17.2. The molecule has 5 heteroatoms. The first kappa shape index (κ1) is 22.9. The number of benzene rings is 2. The van der Waals surface area contributed by atoms with Crippen LogP contribution in [0, 0.1) is 6.92 Å². The Morgan fingerprint density at radius 3 is 2.34 bits per heavy atom. The van der Waals surface area contributed by atoms with E-state index in [0.717, 1.165) is 43.6 Å². The molecular formula is C30H38N4O. The Bertz CT molecular complexity index is 1150. The molecule has 184 valence electrons. The largest absolute Gasteiger partial charge is 0.325 e. The monoisotopic (exact) mass is 470 g/mol. The molecule has 3 aliphatic heterocycles. The number of carbonyl (C=O) groups is 1. The molecule has 2 aromatic carbocycles. The minimum absolute atomic E-state index is 0.230. The molecule has 1 aromatic heterocycles. The fraction of sp³-hybridized carbons (Fsp3) is 0.533. The smallest absolute Gasteiger partial charge is 0.133 e. The van der Waals surface area contributed by atoms with Gasteiger partial charge in [0.05, 0.1) is 17.6 Å². The van der Waals surface area contributed by atoms with Gasteiger partial charge in [-0.2, -0.15) is 0 Å². The summed E-state index contributed by atoms with van der Waals surface area (Å²) in [7, 11) is 0. The molecule has 1 unspecified atom stereocenters. The third-order valence-electron chi connectivity index (χ3n) is 9.38. The van der Waals surface area contributed by atoms with Gasteiger partial charge < -0.3 is 9.36 Å². The second-order valence-electron chi connectivity index (χ2n) is 11.1. The fourth-order valence-corrected chi connectivity index (χ4v) is 7.53. The van der Waals surface area contributed by atoms with Crippen LogP contribution in [0.1, 0.15) is 62.4 Å². The van der Waals surface area contributed by atoms with E-state index in [-0.39, 0.29) is 5.41 Å². The number of piperidine rings is 2. The summed E-state index contributed by atoms with van der Waals surface area (Å²) in [5.41, 5.74) is 4.15. The van der Waals surface area contributed by atoms with Gasteiger partial charge in [-0.1, -0.05) is 42.5 Å². The number of rotatable bonds is 7. The van der Waals surface area contributed by atoms with Crippen molar-refractivity contribution in [1.82, 2.24) is 19.4 Å². The lowest BCUT2D eigenvalue weighted by Gasteiger charge is -2.45. The SMILES string of the molecule is Cc1nc2ccccc2n1C1C[C@H]2CC[C@@H](C1)N2CCC1(c2ccccc2)CCN(CC=O)CC1. The number of hydrogen-bond acceptors (Lipinski definition) is 4. The minimum Gasteiger partial charge on any atom is -0.325 e. The van der Waals surface area contributed by atoms with Crippen molar-refractivity contribution in [2.75, 3.05) is 26.2 Å². The maximum absolute atomic E-state index is 11.1. The number of carbonyl (C=O) groups excluding carboxylic acids is 1. The lowest BCUT2D eigenvalue weighted by molar-refractivity contribution is -0.109. The number of fused-ring (bicyclic) bond motifs is 3. The maximum atomic E-state index is 11.1. The van der Waals surface area contributed by atoms with Crippen molar-refractivity contribution in [3.63, 3.8) is 0 Å². The quantitative estimate of drug-likeness (QED) is 0.449. The highest BCUT2D eigenvalue weighted by Crippen LogP contribution is 2.45. The molecule has 3 fully saturated rings. The lowest BCUT2D eigenvalue weighted by Crippen LogP contribution is -2.48. The molecule has 0 saturated carbocycles. The zero-order valence-corrected chi connectivity index (χ0v) is 21.0. The van der Waals surface area contributed by atoms with Crippen molar-refractivity contribution in [2.24, 2.45) is 0 Å². The molecule has 3 aromatic rings. The molecule has 0 aliphatic carbocycles. The summed E-state index contributed by atoms with van der Waals surface area (Å²) in [4.78, 5) is 21.1. The van der Waals surface area contributed by atoms with E-state index in [2.05, 4.69) is 75.9 Å². The number of likely N-dealkylation sites (tertiary alicyclic amines) is 1. The van der Waals surface area contributed by atoms with Crippen molar-refractivity contribution in [1.29, 1.82) is 0 Å². The topological polar surface area (TPSA) is 41.4 Å². The first-order valence-electron chi connectivity index (χ1n) is 13.6. The normalized spacial score (nSPS) is 26.8. The van der Waals surface area contributed by atoms with Crippen molar-refractivity contribution < 1.29 is 4.79 Å². The summed E-state index contributed by atoms with van der Waals surface area (Å²) in [5, 5.41) is 0. The van der Waals surface area contributed by atoms with Gasteiger partial charge in [0.15, 0.2) is 0 Å². The van der Waals surface area contributed by atoms with Gasteiger partial charge in [0.1, 0.15) is 12.1 Å². The van der Waals surface area contributed by atoms with Gasteiger partial charge in [0.25, 0.3) is 0 Å². The molecule has 0 N–H and O–H groups in total. The maximum Gasteiger partial charge on any atom is 0.133 e. The van der Waals surface area contributed by atoms with Crippen LogP contribution in [0.5, 0.6) is 0 Å². The highest BCUT2D eigenvalue weighted by molar-refractivity contribution is 5.76. The zero-order chi connectivity index (χ0) is 23.8. The molecule has 2 bridgehead atoms. The number of aryl methyl sites for hydroxylation is 1. The van der Waals surface area contributed by atoms with Crippen LogP contribution < -0.4 is 0 Å². The summed E-state index contributed by atoms with van der Waals surface area (Å²) < 4.78 is 2.53. The molecular weight excluding hydrogens is 432 g/mol. The van der Waals surface area contributed by atoms with Gasteiger partial charge in [0.2, 0.25) is 0 Å². The Hall–Kier alpha value is -2.50. The van der Waals surface area contributed by atoms with Crippen LogP contribution >= 0.6 is 0 Å². The van der Waals surface area contributed by atoms with Crippen LogP contribution in [-0.4, -0.2) is 63.9 Å². The molecule has 5 nitrogen and oxygen atoms in total. The van der Waals surface area contributed by atoms with E-state index in [1.807, 2.05) is 0 Å². The van der Waals surface area contributed by atoms with Gasteiger partial charge in [-0.3, -0.25) is 9.80 Å². The average molecular weight is 471 g/mol. The summed E-state index contributed by atoms with van der Waals surface area (Å²) in [5.74, 6) is 1.16. The number of imidazole rings is 1. The molecule has 4 heterocycles. The molecule has 3 atom stereocenters. The van der Waals surface area contributed by atoms with Crippen molar-refractivity contribution in [2.45, 2.75) is 75.4 Å². The van der Waals surface area contributed by atoms with E-state index in [1.165, 1.54) is 49.7 Å². The highest BCUT2D eigenvalue weighted by atomic mass is 16.1. The number of nitrogens with zero attached hydrogens (tertiary/aromatic N) is 4. The van der Waals surface area contributed by atoms with Gasteiger partial charge in [-0.15, -0.1) is 0 Å². The number of hydrogen-bond donors (Lipinski definition) is 0. The molecule has 35 heavy (non-hydrogen) atoms. The highest BCUT2D eigenvalue weighted by Gasteiger charge is 2.43. The Morgan fingerprint density at radius 1 is 0.943 bits per heavy atom. The summed E-state index contributed by atoms with van der Waals surface area (Å²) >= 11 is 0. The molecule has 3 saturated heterocycles. The van der Waals surface area contributed by atoms with Crippen molar-refractivity contribution >= 4 is 17.3 Å². The molecule has 0 spiro atoms. The molecule has 0 radical (unpaired) electrons. The van der Waals surface area contributed by atoms with Gasteiger partial charge in [-0.25, -0.2) is 4.98 Å². The van der Waals surface area contributed by atoms with Gasteiger partial charge >= 0.3 is 0 Å². The number of aromatic nitrogens is 2. The second kappa shape index (κ2) is 9.51. The second-order valence-corrected chi connectivity index (χ2v) is 11.1. The number of aldehydes is 1. The number of para-hydroxylation sites is 2. The van der Waals surface area contributed by atoms with Gasteiger partial charge in [-0.05, 0) is 94.6 Å². The van der Waals surface area contributed by atoms with Crippen LogP contribution in [0.2, 0.25) is 0 Å². The van der Waals surface area contributed by atoms with E-state index >= 15 is 0 Å². The lowest BCUT2D eigenvalue weighted by atomic mass is 9.70. The standard InChI is InChI=1S/C30H38N4O/c1-23-31-28-9-5-6-10-29(28)34(23)27-21-25-11-12-26(22-27)33(25)18-15-30(24-7-3-2-4-8-24)13-16-32(17-14-30)19-20-35/h2-10,20,25-27H,11-19,21-22H2,1H3/t25-,26+,27?. The van der Waals surface area contributed by atoms with Crippen LogP contribution in [0.4, 0.5) is 0 Å². The third-order valence-corrected chi connectivity index (χ3v) is 9.38. The third kappa shape index (κ3) is 4.23. The molecule has 6 rings (SSSR count). The van der Waals surface area contributed by atoms with E-state index in [4.69, 9.17) is 4.98 Å². The van der Waals surface area contributed by atoms with E-state index in [9.17, 15) is 4.79 Å². The average Bonchev–Trinajstić information content (AvgIpc) is 3.35. The Morgan fingerprint density at radius 2 is 1.63 bits per heavy atom. The summed E-state index contributed by atoms with van der Waals surface area (Å²) in [6.45, 7) is 5.99. The van der Waals surface area contributed by atoms with E-state index in [0.29, 0.717) is 24.7 Å². The van der Waals surface area contributed by atoms with Crippen LogP contribution in [0.3, 0.4) is 0 Å². The summed E-state index contributed by atoms with van der Waals surface area (Å²) in [6, 6.07) is 21.7. The Labute approximate surface area is 209 Å². The fourth-order valence-electron chi connectivity index (χ4n) is 7.53. The van der Waals surface area contributed by atoms with Crippen LogP contribution in [-0.2, 0) is 10.2 Å². The van der Waals surface area contributed by atoms with Crippen molar-refractivity contribution in [3.8, 4) is 0 Å².